The van der Waals surface area contributed by atoms with Crippen LogP contribution in [-0.2, 0) is 10.0 Å². The monoisotopic (exact) mass is 488 g/mol. The topological polar surface area (TPSA) is 87.0 Å². The molecule has 8 nitrogen and oxygen atoms in total. The normalized spacial score (nSPS) is 17.8. The average Bonchev–Trinajstić information content (AvgIpc) is 3.50. The molecule has 174 valence electrons. The van der Waals surface area contributed by atoms with E-state index in [9.17, 15) is 13.2 Å². The summed E-state index contributed by atoms with van der Waals surface area (Å²) in [6.45, 7) is 5.22. The van der Waals surface area contributed by atoms with Crippen molar-refractivity contribution in [2.45, 2.75) is 24.7 Å². The van der Waals surface area contributed by atoms with Crippen molar-refractivity contribution in [2.24, 2.45) is 0 Å². The lowest BCUT2D eigenvalue weighted by Crippen LogP contribution is -2.48. The van der Waals surface area contributed by atoms with E-state index in [-0.39, 0.29) is 16.5 Å². The molecule has 1 aromatic heterocycles. The summed E-state index contributed by atoms with van der Waals surface area (Å²) in [5, 5.41) is 5.03. The van der Waals surface area contributed by atoms with Gasteiger partial charge in [0.25, 0.3) is 5.91 Å². The number of carbonyl (C=O) groups is 1. The Kier molecular flexibility index (Phi) is 5.80. The van der Waals surface area contributed by atoms with E-state index in [1.165, 1.54) is 16.4 Å². The zero-order valence-corrected chi connectivity index (χ0v) is 19.9. The first kappa shape index (κ1) is 22.2. The predicted octanol–water partition coefficient (Wildman–Crippen LogP) is 3.54. The summed E-state index contributed by atoms with van der Waals surface area (Å²) >= 11 is 6.16. The number of anilines is 1. The highest BCUT2D eigenvalue weighted by atomic mass is 35.5. The molecule has 3 aromatic rings. The number of fused-ring (bicyclic) bond motifs is 1. The van der Waals surface area contributed by atoms with Gasteiger partial charge >= 0.3 is 0 Å². The summed E-state index contributed by atoms with van der Waals surface area (Å²) in [5.41, 5.74) is 2.70. The molecule has 2 aliphatic rings. The number of nitrogens with zero attached hydrogens (tertiary/aromatic N) is 4. The molecule has 0 atom stereocenters. The summed E-state index contributed by atoms with van der Waals surface area (Å²) in [6.07, 6.45) is 1.92. The molecule has 2 fully saturated rings. The molecule has 0 unspecified atom stereocenters. The van der Waals surface area contributed by atoms with Crippen molar-refractivity contribution >= 4 is 44.2 Å². The Morgan fingerprint density at radius 3 is 2.45 bits per heavy atom. The van der Waals surface area contributed by atoms with Crippen LogP contribution < -0.4 is 4.90 Å². The number of hydrogen-bond acceptors (Lipinski definition) is 6. The maximum absolute atomic E-state index is 13.4. The van der Waals surface area contributed by atoms with Gasteiger partial charge in [-0.1, -0.05) is 22.8 Å². The van der Waals surface area contributed by atoms with Gasteiger partial charge in [0.1, 0.15) is 0 Å². The van der Waals surface area contributed by atoms with Gasteiger partial charge in [-0.25, -0.2) is 8.42 Å². The van der Waals surface area contributed by atoms with Crippen LogP contribution in [0.3, 0.4) is 0 Å². The molecule has 0 aliphatic carbocycles. The lowest BCUT2D eigenvalue weighted by molar-refractivity contribution is 0.0784. The van der Waals surface area contributed by atoms with Crippen LogP contribution in [0.1, 0.15) is 28.9 Å². The molecule has 2 saturated heterocycles. The van der Waals surface area contributed by atoms with E-state index < -0.39 is 10.0 Å². The molecule has 33 heavy (non-hydrogen) atoms. The van der Waals surface area contributed by atoms with Gasteiger partial charge in [0.05, 0.1) is 10.3 Å². The fourth-order valence-corrected chi connectivity index (χ4v) is 6.16. The quantitative estimate of drug-likeness (QED) is 0.558. The van der Waals surface area contributed by atoms with Crippen molar-refractivity contribution in [3.05, 3.63) is 52.7 Å². The van der Waals surface area contributed by atoms with E-state index in [0.29, 0.717) is 55.3 Å². The van der Waals surface area contributed by atoms with Crippen LogP contribution >= 0.6 is 11.6 Å². The highest BCUT2D eigenvalue weighted by molar-refractivity contribution is 7.89. The van der Waals surface area contributed by atoms with E-state index in [2.05, 4.69) is 10.1 Å². The molecule has 2 aromatic carbocycles. The van der Waals surface area contributed by atoms with Crippen molar-refractivity contribution in [3.8, 4) is 0 Å². The molecule has 3 heterocycles. The highest BCUT2D eigenvalue weighted by Crippen LogP contribution is 2.29. The molecule has 5 rings (SSSR count). The highest BCUT2D eigenvalue weighted by Gasteiger charge is 2.31. The van der Waals surface area contributed by atoms with Gasteiger partial charge in [-0.05, 0) is 55.7 Å². The molecule has 0 N–H and O–H groups in total. The van der Waals surface area contributed by atoms with Gasteiger partial charge in [0, 0.05) is 50.0 Å². The smallest absolute Gasteiger partial charge is 0.276 e. The van der Waals surface area contributed by atoms with Gasteiger partial charge in [0.15, 0.2) is 11.3 Å². The van der Waals surface area contributed by atoms with Crippen LogP contribution in [0.4, 0.5) is 5.69 Å². The fraction of sp³-hybridized carbons (Fsp3) is 0.391. The third kappa shape index (κ3) is 4.09. The molecular formula is C23H25ClN4O4S. The van der Waals surface area contributed by atoms with Crippen LogP contribution in [0.2, 0.25) is 5.02 Å². The fourth-order valence-electron chi connectivity index (χ4n) is 4.54. The summed E-state index contributed by atoms with van der Waals surface area (Å²) in [6, 6.07) is 10.3. The zero-order chi connectivity index (χ0) is 23.2. The Morgan fingerprint density at radius 2 is 1.73 bits per heavy atom. The van der Waals surface area contributed by atoms with Gasteiger partial charge in [-0.2, -0.15) is 4.31 Å². The maximum atomic E-state index is 13.4. The second kappa shape index (κ2) is 8.62. The van der Waals surface area contributed by atoms with E-state index in [4.69, 9.17) is 16.1 Å². The van der Waals surface area contributed by atoms with Crippen LogP contribution in [0.15, 0.2) is 45.8 Å². The third-order valence-corrected chi connectivity index (χ3v) is 8.56. The van der Waals surface area contributed by atoms with Crippen molar-refractivity contribution in [2.75, 3.05) is 44.2 Å². The molecule has 2 aliphatic heterocycles. The number of halogens is 1. The van der Waals surface area contributed by atoms with Gasteiger partial charge < -0.3 is 14.3 Å². The molecule has 0 radical (unpaired) electrons. The number of piperazine rings is 1. The van der Waals surface area contributed by atoms with E-state index in [0.717, 1.165) is 24.1 Å². The number of hydrogen-bond donors (Lipinski definition) is 0. The zero-order valence-electron chi connectivity index (χ0n) is 18.3. The first-order valence-electron chi connectivity index (χ1n) is 11.0. The number of sulfonamides is 1. The summed E-state index contributed by atoms with van der Waals surface area (Å²) in [7, 11) is -3.73. The first-order chi connectivity index (χ1) is 15.8. The maximum Gasteiger partial charge on any atom is 0.276 e. The second-order valence-electron chi connectivity index (χ2n) is 8.51. The number of benzene rings is 2. The number of carbonyl (C=O) groups excluding carboxylic acids is 1. The molecule has 10 heteroatoms. The third-order valence-electron chi connectivity index (χ3n) is 6.43. The molecule has 1 amide bonds. The van der Waals surface area contributed by atoms with Crippen LogP contribution in [0.25, 0.3) is 11.0 Å². The van der Waals surface area contributed by atoms with Crippen molar-refractivity contribution < 1.29 is 17.7 Å². The van der Waals surface area contributed by atoms with E-state index in [1.807, 2.05) is 25.1 Å². The molecular weight excluding hydrogens is 464 g/mol. The number of aryl methyl sites for hydroxylation is 1. The number of aromatic nitrogens is 1. The van der Waals surface area contributed by atoms with Crippen LogP contribution in [-0.4, -0.2) is 68.0 Å². The lowest BCUT2D eigenvalue weighted by atomic mass is 10.1. The Labute approximate surface area is 197 Å². The first-order valence-corrected chi connectivity index (χ1v) is 12.9. The number of amides is 1. The van der Waals surface area contributed by atoms with Crippen LogP contribution in [0, 0.1) is 6.92 Å². The standard InChI is InChI=1S/C23H25ClN4O4S/c1-16-4-5-17(24)14-20(16)26-10-12-28(13-11-26)33(30,31)18-6-7-21-19(15-18)22(25-32-21)23(29)27-8-2-3-9-27/h4-7,14-15H,2-3,8-13H2,1H3. The Bertz CT molecular complexity index is 1310. The minimum Gasteiger partial charge on any atom is -0.369 e. The summed E-state index contributed by atoms with van der Waals surface area (Å²) in [5.74, 6) is -0.216. The largest absolute Gasteiger partial charge is 0.369 e. The van der Waals surface area contributed by atoms with Gasteiger partial charge in [-0.15, -0.1) is 0 Å². The van der Waals surface area contributed by atoms with Crippen molar-refractivity contribution in [3.63, 3.8) is 0 Å². The van der Waals surface area contributed by atoms with Gasteiger partial charge in [0.2, 0.25) is 10.0 Å². The number of likely N-dealkylation sites (tertiary alicyclic amines) is 1. The minimum atomic E-state index is -3.73. The second-order valence-corrected chi connectivity index (χ2v) is 10.9. The average molecular weight is 489 g/mol. The predicted molar refractivity (Wildman–Crippen MR) is 126 cm³/mol. The Hall–Kier alpha value is -2.62. The Morgan fingerprint density at radius 1 is 1.00 bits per heavy atom. The van der Waals surface area contributed by atoms with Crippen molar-refractivity contribution in [1.82, 2.24) is 14.4 Å². The van der Waals surface area contributed by atoms with E-state index in [1.54, 1.807) is 11.0 Å². The molecule has 0 spiro atoms. The minimum absolute atomic E-state index is 0.140. The van der Waals surface area contributed by atoms with Crippen LogP contribution in [0.5, 0.6) is 0 Å². The SMILES string of the molecule is Cc1ccc(Cl)cc1N1CCN(S(=O)(=O)c2ccc3onc(C(=O)N4CCCC4)c3c2)CC1. The van der Waals surface area contributed by atoms with Gasteiger partial charge in [-0.3, -0.25) is 4.79 Å². The number of rotatable bonds is 4. The Balaban J connectivity index is 1.37. The van der Waals surface area contributed by atoms with E-state index >= 15 is 0 Å². The molecule has 0 saturated carbocycles. The summed E-state index contributed by atoms with van der Waals surface area (Å²) < 4.78 is 33.6. The lowest BCUT2D eigenvalue weighted by Gasteiger charge is -2.36. The summed E-state index contributed by atoms with van der Waals surface area (Å²) in [4.78, 5) is 16.9. The van der Waals surface area contributed by atoms with Crippen molar-refractivity contribution in [1.29, 1.82) is 0 Å². The molecule has 0 bridgehead atoms.